The molecule has 3 amide bonds. The van der Waals surface area contributed by atoms with Crippen LogP contribution in [-0.4, -0.2) is 71.8 Å². The van der Waals surface area contributed by atoms with Crippen molar-refractivity contribution < 1.29 is 14.4 Å². The lowest BCUT2D eigenvalue weighted by Crippen LogP contribution is -2.55. The molecule has 2 fully saturated rings. The third-order valence-electron chi connectivity index (χ3n) is 8.69. The smallest absolute Gasteiger partial charge is 0.248 e. The van der Waals surface area contributed by atoms with Crippen molar-refractivity contribution >= 4 is 17.7 Å². The highest BCUT2D eigenvalue weighted by atomic mass is 16.2. The maximum atomic E-state index is 14.3. The van der Waals surface area contributed by atoms with E-state index < -0.39 is 18.0 Å². The minimum atomic E-state index is -0.782. The van der Waals surface area contributed by atoms with Gasteiger partial charge in [0.2, 0.25) is 17.7 Å². The number of likely N-dealkylation sites (tertiary alicyclic amines) is 2. The minimum Gasteiger partial charge on any atom is -0.366 e. The molecule has 0 aliphatic carbocycles. The van der Waals surface area contributed by atoms with Crippen LogP contribution in [0.1, 0.15) is 58.6 Å². The molecule has 220 valence electrons. The molecule has 42 heavy (non-hydrogen) atoms. The van der Waals surface area contributed by atoms with Gasteiger partial charge in [-0.1, -0.05) is 72.8 Å². The van der Waals surface area contributed by atoms with Gasteiger partial charge in [-0.05, 0) is 61.1 Å². The number of primary amides is 1. The molecule has 0 aromatic heterocycles. The molecule has 2 aliphatic heterocycles. The zero-order chi connectivity index (χ0) is 29.6. The summed E-state index contributed by atoms with van der Waals surface area (Å²) in [6.45, 7) is 4.95. The summed E-state index contributed by atoms with van der Waals surface area (Å²) in [7, 11) is 0. The monoisotopic (exact) mass is 567 g/mol. The highest BCUT2D eigenvalue weighted by Crippen LogP contribution is 2.35. The first-order valence-corrected chi connectivity index (χ1v) is 14.9. The Morgan fingerprint density at radius 1 is 0.881 bits per heavy atom. The largest absolute Gasteiger partial charge is 0.366 e. The van der Waals surface area contributed by atoms with Crippen LogP contribution in [0, 0.1) is 0 Å². The highest BCUT2D eigenvalue weighted by molar-refractivity contribution is 5.93. The van der Waals surface area contributed by atoms with E-state index in [1.165, 1.54) is 11.1 Å². The zero-order valence-electron chi connectivity index (χ0n) is 24.2. The molecule has 8 nitrogen and oxygen atoms in total. The van der Waals surface area contributed by atoms with Crippen LogP contribution >= 0.6 is 0 Å². The Labute approximate surface area is 248 Å². The summed E-state index contributed by atoms with van der Waals surface area (Å²) in [6, 6.07) is 26.3. The van der Waals surface area contributed by atoms with Crippen molar-refractivity contribution in [1.82, 2.24) is 15.1 Å². The fourth-order valence-corrected chi connectivity index (χ4v) is 6.36. The van der Waals surface area contributed by atoms with Crippen molar-refractivity contribution in [3.63, 3.8) is 0 Å². The summed E-state index contributed by atoms with van der Waals surface area (Å²) in [5.41, 5.74) is 15.1. The number of carbonyl (C=O) groups is 3. The van der Waals surface area contributed by atoms with Crippen LogP contribution in [0.25, 0.3) is 0 Å². The van der Waals surface area contributed by atoms with E-state index in [2.05, 4.69) is 52.7 Å². The SMILES string of the molecule is C[C@H](N)C(=O)N[C@@H](Cc1ccc(C(N)=O)cc1)C(=O)N1C[C@@H](c2ccccc2)C[C@H]1CN1CCC(c2ccccc2)C1. The van der Waals surface area contributed by atoms with Crippen molar-refractivity contribution in [2.45, 2.75) is 56.1 Å². The zero-order valence-corrected chi connectivity index (χ0v) is 24.2. The van der Waals surface area contributed by atoms with Gasteiger partial charge in [0.25, 0.3) is 0 Å². The average molecular weight is 568 g/mol. The van der Waals surface area contributed by atoms with Crippen LogP contribution < -0.4 is 16.8 Å². The van der Waals surface area contributed by atoms with Gasteiger partial charge in [0, 0.05) is 43.6 Å². The number of hydrogen-bond acceptors (Lipinski definition) is 5. The molecular weight excluding hydrogens is 526 g/mol. The predicted molar refractivity (Wildman–Crippen MR) is 164 cm³/mol. The third kappa shape index (κ3) is 7.06. The Morgan fingerprint density at radius 2 is 1.50 bits per heavy atom. The van der Waals surface area contributed by atoms with Gasteiger partial charge in [-0.15, -0.1) is 0 Å². The van der Waals surface area contributed by atoms with E-state index in [9.17, 15) is 14.4 Å². The van der Waals surface area contributed by atoms with Crippen molar-refractivity contribution in [3.05, 3.63) is 107 Å². The minimum absolute atomic E-state index is 0.0177. The van der Waals surface area contributed by atoms with Gasteiger partial charge in [0.15, 0.2) is 0 Å². The number of rotatable bonds is 10. The molecule has 0 bridgehead atoms. The van der Waals surface area contributed by atoms with Crippen LogP contribution in [0.5, 0.6) is 0 Å². The lowest BCUT2D eigenvalue weighted by molar-refractivity contribution is -0.137. The predicted octanol–water partition coefficient (Wildman–Crippen LogP) is 3.03. The lowest BCUT2D eigenvalue weighted by atomic mass is 9.96. The molecule has 0 radical (unpaired) electrons. The molecule has 5 N–H and O–H groups in total. The van der Waals surface area contributed by atoms with E-state index in [-0.39, 0.29) is 30.2 Å². The number of hydrogen-bond donors (Lipinski definition) is 3. The number of nitrogens with zero attached hydrogens (tertiary/aromatic N) is 2. The van der Waals surface area contributed by atoms with Crippen LogP contribution in [0.2, 0.25) is 0 Å². The Hall–Kier alpha value is -4.01. The lowest BCUT2D eigenvalue weighted by Gasteiger charge is -2.32. The first-order chi connectivity index (χ1) is 20.3. The number of nitrogens with one attached hydrogen (secondary N) is 1. The molecule has 8 heteroatoms. The van der Waals surface area contributed by atoms with Crippen LogP contribution in [0.3, 0.4) is 0 Å². The molecular formula is C34H41N5O3. The van der Waals surface area contributed by atoms with Crippen LogP contribution in [-0.2, 0) is 16.0 Å². The summed E-state index contributed by atoms with van der Waals surface area (Å²) >= 11 is 0. The molecule has 0 saturated carbocycles. The molecule has 5 rings (SSSR count). The topological polar surface area (TPSA) is 122 Å². The van der Waals surface area contributed by atoms with Gasteiger partial charge in [-0.25, -0.2) is 0 Å². The summed E-state index contributed by atoms with van der Waals surface area (Å²) in [5, 5.41) is 2.92. The molecule has 3 aromatic rings. The van der Waals surface area contributed by atoms with Gasteiger partial charge in [-0.2, -0.15) is 0 Å². The van der Waals surface area contributed by atoms with Gasteiger partial charge >= 0.3 is 0 Å². The maximum absolute atomic E-state index is 14.3. The summed E-state index contributed by atoms with van der Waals surface area (Å²) in [5.74, 6) is -0.286. The summed E-state index contributed by atoms with van der Waals surface area (Å²) in [6.07, 6.45) is 2.25. The van der Waals surface area contributed by atoms with Crippen molar-refractivity contribution in [3.8, 4) is 0 Å². The molecule has 0 spiro atoms. The van der Waals surface area contributed by atoms with E-state index in [1.54, 1.807) is 31.2 Å². The third-order valence-corrected chi connectivity index (χ3v) is 8.69. The Bertz CT molecular complexity index is 1360. The van der Waals surface area contributed by atoms with E-state index in [0.29, 0.717) is 18.0 Å². The Morgan fingerprint density at radius 3 is 2.10 bits per heavy atom. The second-order valence-electron chi connectivity index (χ2n) is 11.8. The van der Waals surface area contributed by atoms with Crippen molar-refractivity contribution in [2.24, 2.45) is 11.5 Å². The second-order valence-corrected chi connectivity index (χ2v) is 11.8. The quantitative estimate of drug-likeness (QED) is 0.348. The van der Waals surface area contributed by atoms with Crippen LogP contribution in [0.4, 0.5) is 0 Å². The highest BCUT2D eigenvalue weighted by Gasteiger charge is 2.40. The van der Waals surface area contributed by atoms with Gasteiger partial charge in [0.1, 0.15) is 6.04 Å². The molecule has 1 unspecified atom stereocenters. The average Bonchev–Trinajstić information content (AvgIpc) is 3.65. The van der Waals surface area contributed by atoms with Crippen LogP contribution in [0.15, 0.2) is 84.9 Å². The molecule has 2 saturated heterocycles. The van der Waals surface area contributed by atoms with Crippen molar-refractivity contribution in [1.29, 1.82) is 0 Å². The summed E-state index contributed by atoms with van der Waals surface area (Å²) < 4.78 is 0. The van der Waals surface area contributed by atoms with E-state index >= 15 is 0 Å². The van der Waals surface area contributed by atoms with Gasteiger partial charge in [-0.3, -0.25) is 14.4 Å². The fourth-order valence-electron chi connectivity index (χ4n) is 6.36. The normalized spacial score (nSPS) is 22.0. The maximum Gasteiger partial charge on any atom is 0.248 e. The summed E-state index contributed by atoms with van der Waals surface area (Å²) in [4.78, 5) is 43.1. The molecule has 2 aliphatic rings. The van der Waals surface area contributed by atoms with E-state index in [0.717, 1.165) is 38.0 Å². The Balaban J connectivity index is 1.37. The number of nitrogens with two attached hydrogens (primary N) is 2. The van der Waals surface area contributed by atoms with E-state index in [4.69, 9.17) is 11.5 Å². The number of amides is 3. The molecule has 5 atom stereocenters. The Kier molecular flexibility index (Phi) is 9.35. The van der Waals surface area contributed by atoms with Gasteiger partial charge < -0.3 is 26.6 Å². The van der Waals surface area contributed by atoms with Crippen molar-refractivity contribution in [2.75, 3.05) is 26.2 Å². The second kappa shape index (κ2) is 13.3. The molecule has 2 heterocycles. The molecule has 3 aromatic carbocycles. The first-order valence-electron chi connectivity index (χ1n) is 14.9. The number of benzene rings is 3. The number of carbonyl (C=O) groups excluding carboxylic acids is 3. The van der Waals surface area contributed by atoms with Gasteiger partial charge in [0.05, 0.1) is 6.04 Å². The standard InChI is InChI=1S/C34H41N5O3/c1-23(35)33(41)37-31(18-24-12-14-27(15-13-24)32(36)40)34(42)39-21-29(26-10-6-3-7-11-26)19-30(39)22-38-17-16-28(20-38)25-8-4-2-5-9-25/h2-15,23,28-31H,16-22,35H2,1H3,(H2,36,40)(H,37,41)/t23-,28?,29-,30-,31-/m0/s1. The first kappa shape index (κ1) is 29.5. The fraction of sp³-hybridized carbons (Fsp3) is 0.382. The van der Waals surface area contributed by atoms with E-state index in [1.807, 2.05) is 23.1 Å².